The van der Waals surface area contributed by atoms with Gasteiger partial charge in [-0.2, -0.15) is 0 Å². The highest BCUT2D eigenvalue weighted by Gasteiger charge is 2.30. The van der Waals surface area contributed by atoms with Crippen LogP contribution in [0.2, 0.25) is 0 Å². The maximum absolute atomic E-state index is 14.0. The molecular weight excluding hydrogens is 564 g/mol. The summed E-state index contributed by atoms with van der Waals surface area (Å²) in [6.45, 7) is 8.90. The van der Waals surface area contributed by atoms with E-state index in [1.807, 2.05) is 111 Å². The van der Waals surface area contributed by atoms with Crippen molar-refractivity contribution in [2.45, 2.75) is 58.7 Å². The van der Waals surface area contributed by atoms with Crippen LogP contribution in [0.3, 0.4) is 0 Å². The Hall–Kier alpha value is -4.83. The highest BCUT2D eigenvalue weighted by molar-refractivity contribution is 6.07. The molecule has 1 aliphatic rings. The Kier molecular flexibility index (Phi) is 8.24. The van der Waals surface area contributed by atoms with E-state index in [1.165, 1.54) is 0 Å². The van der Waals surface area contributed by atoms with Crippen LogP contribution in [0, 0.1) is 6.92 Å². The quantitative estimate of drug-likeness (QED) is 0.209. The number of anilines is 4. The van der Waals surface area contributed by atoms with Gasteiger partial charge in [0.25, 0.3) is 5.91 Å². The minimum atomic E-state index is -0.485. The van der Waals surface area contributed by atoms with Crippen molar-refractivity contribution in [2.24, 2.45) is 0 Å². The lowest BCUT2D eigenvalue weighted by molar-refractivity contribution is -0.0298. The van der Waals surface area contributed by atoms with E-state index in [0.29, 0.717) is 22.6 Å². The molecule has 0 bridgehead atoms. The number of hydrogen-bond acceptors (Lipinski definition) is 8. The first-order valence-electron chi connectivity index (χ1n) is 15.4. The fourth-order valence-electron chi connectivity index (χ4n) is 5.77. The highest BCUT2D eigenvalue weighted by atomic mass is 16.5. The molecule has 1 aliphatic heterocycles. The molecule has 2 aromatic carbocycles. The van der Waals surface area contributed by atoms with Crippen molar-refractivity contribution in [3.8, 4) is 11.3 Å². The van der Waals surface area contributed by atoms with Crippen LogP contribution in [0.15, 0.2) is 73.4 Å². The van der Waals surface area contributed by atoms with Crippen LogP contribution in [0.4, 0.5) is 22.9 Å². The minimum absolute atomic E-state index is 0.0690. The summed E-state index contributed by atoms with van der Waals surface area (Å²) in [6.07, 6.45) is 8.14. The Morgan fingerprint density at radius 2 is 1.82 bits per heavy atom. The number of carbonyl (C=O) groups excluding carboxylic acids is 1. The van der Waals surface area contributed by atoms with Gasteiger partial charge in [-0.1, -0.05) is 12.1 Å². The first-order chi connectivity index (χ1) is 21.6. The van der Waals surface area contributed by atoms with E-state index in [4.69, 9.17) is 14.7 Å². The maximum Gasteiger partial charge on any atom is 0.258 e. The topological polar surface area (TPSA) is 101 Å². The van der Waals surface area contributed by atoms with Crippen molar-refractivity contribution in [1.82, 2.24) is 24.5 Å². The van der Waals surface area contributed by atoms with Crippen LogP contribution in [-0.4, -0.2) is 56.7 Å². The lowest BCUT2D eigenvalue weighted by atomic mass is 10.0. The molecule has 0 saturated carbocycles. The predicted molar refractivity (Wildman–Crippen MR) is 179 cm³/mol. The van der Waals surface area contributed by atoms with Gasteiger partial charge in [-0.25, -0.2) is 19.9 Å². The zero-order chi connectivity index (χ0) is 31.7. The first-order valence-corrected chi connectivity index (χ1v) is 15.4. The van der Waals surface area contributed by atoms with Gasteiger partial charge in [0.15, 0.2) is 5.65 Å². The molecule has 0 spiro atoms. The predicted octanol–water partition coefficient (Wildman–Crippen LogP) is 7.15. The third-order valence-electron chi connectivity index (χ3n) is 8.10. The zero-order valence-electron chi connectivity index (χ0n) is 26.8. The molecule has 1 N–H and O–H groups in total. The molecule has 1 fully saturated rings. The zero-order valence-corrected chi connectivity index (χ0v) is 26.8. The van der Waals surface area contributed by atoms with Gasteiger partial charge in [-0.05, 0) is 95.0 Å². The number of aromatic nitrogens is 5. The molecule has 45 heavy (non-hydrogen) atoms. The molecule has 5 aromatic rings. The van der Waals surface area contributed by atoms with Crippen molar-refractivity contribution >= 4 is 40.0 Å². The number of rotatable bonds is 7. The van der Waals surface area contributed by atoms with Crippen molar-refractivity contribution in [3.05, 3.63) is 84.6 Å². The van der Waals surface area contributed by atoms with Crippen LogP contribution in [0.1, 0.15) is 62.2 Å². The molecule has 4 heterocycles. The number of fused-ring (bicyclic) bond motifs is 1. The van der Waals surface area contributed by atoms with E-state index >= 15 is 0 Å². The van der Waals surface area contributed by atoms with Crippen LogP contribution in [0.5, 0.6) is 0 Å². The number of pyridine rings is 1. The lowest BCUT2D eigenvalue weighted by Gasteiger charge is -2.36. The second-order valence-electron chi connectivity index (χ2n) is 12.6. The van der Waals surface area contributed by atoms with E-state index in [1.54, 1.807) is 18.9 Å². The SMILES string of the molecule is Cc1ccc(N(C(=O)c2cccc(N(C)C)c2)C(C)(C)C)cc1Nc1ncccc1-c1ncnc2c1ncn2C1CCCCO1. The average Bonchev–Trinajstić information content (AvgIpc) is 3.47. The van der Waals surface area contributed by atoms with Crippen LogP contribution < -0.4 is 15.1 Å². The fourth-order valence-corrected chi connectivity index (χ4v) is 5.77. The summed E-state index contributed by atoms with van der Waals surface area (Å²) in [5.41, 5.74) is 6.66. The Balaban J connectivity index is 1.36. The third-order valence-corrected chi connectivity index (χ3v) is 8.10. The summed E-state index contributed by atoms with van der Waals surface area (Å²) in [5, 5.41) is 3.55. The Bertz CT molecular complexity index is 1840. The van der Waals surface area contributed by atoms with Gasteiger partial charge < -0.3 is 19.9 Å². The van der Waals surface area contributed by atoms with Gasteiger partial charge in [0.2, 0.25) is 0 Å². The van der Waals surface area contributed by atoms with Crippen molar-refractivity contribution in [1.29, 1.82) is 0 Å². The van der Waals surface area contributed by atoms with E-state index in [2.05, 4.69) is 15.3 Å². The second-order valence-corrected chi connectivity index (χ2v) is 12.6. The monoisotopic (exact) mass is 604 g/mol. The average molecular weight is 605 g/mol. The van der Waals surface area contributed by atoms with E-state index in [9.17, 15) is 4.79 Å². The molecule has 3 aromatic heterocycles. The Morgan fingerprint density at radius 1 is 0.978 bits per heavy atom. The summed E-state index contributed by atoms with van der Waals surface area (Å²) in [7, 11) is 3.94. The van der Waals surface area contributed by atoms with Crippen LogP contribution in [0.25, 0.3) is 22.4 Å². The molecular formula is C35H40N8O2. The van der Waals surface area contributed by atoms with Gasteiger partial charge in [0, 0.05) is 60.6 Å². The molecule has 10 nitrogen and oxygen atoms in total. The Morgan fingerprint density at radius 3 is 2.58 bits per heavy atom. The number of nitrogens with zero attached hydrogens (tertiary/aromatic N) is 7. The molecule has 6 rings (SSSR count). The molecule has 232 valence electrons. The molecule has 0 radical (unpaired) electrons. The van der Waals surface area contributed by atoms with E-state index in [-0.39, 0.29) is 12.1 Å². The van der Waals surface area contributed by atoms with E-state index in [0.717, 1.165) is 59.7 Å². The summed E-state index contributed by atoms with van der Waals surface area (Å²) < 4.78 is 8.02. The largest absolute Gasteiger partial charge is 0.378 e. The number of benzene rings is 2. The van der Waals surface area contributed by atoms with Gasteiger partial charge in [-0.3, -0.25) is 9.36 Å². The van der Waals surface area contributed by atoms with Crippen molar-refractivity contribution in [3.63, 3.8) is 0 Å². The molecule has 1 atom stereocenters. The number of imidazole rings is 1. The standard InChI is InChI=1S/C35H40N8O2/c1-23-15-16-26(43(35(2,3)4)34(44)24-11-9-12-25(19-24)41(5)6)20-28(23)40-32-27(13-10-17-36-32)30-31-33(38-21-37-30)42(22-39-31)29-14-7-8-18-45-29/h9-13,15-17,19-22,29H,7-8,14,18H2,1-6H3,(H,36,40). The Labute approximate surface area is 264 Å². The molecule has 1 amide bonds. The maximum atomic E-state index is 14.0. The highest BCUT2D eigenvalue weighted by Crippen LogP contribution is 2.36. The smallest absolute Gasteiger partial charge is 0.258 e. The van der Waals surface area contributed by atoms with Crippen molar-refractivity contribution < 1.29 is 9.53 Å². The lowest BCUT2D eigenvalue weighted by Crippen LogP contribution is -2.46. The first kappa shape index (κ1) is 30.2. The molecule has 10 heteroatoms. The molecule has 0 aliphatic carbocycles. The van der Waals surface area contributed by atoms with E-state index < -0.39 is 5.54 Å². The molecule has 1 saturated heterocycles. The summed E-state index contributed by atoms with van der Waals surface area (Å²) in [4.78, 5) is 36.5. The number of carbonyl (C=O) groups is 1. The van der Waals surface area contributed by atoms with Gasteiger partial charge in [-0.15, -0.1) is 0 Å². The van der Waals surface area contributed by atoms with Gasteiger partial charge in [0.05, 0.1) is 6.33 Å². The summed E-state index contributed by atoms with van der Waals surface area (Å²) in [6, 6.07) is 17.6. The van der Waals surface area contributed by atoms with Crippen LogP contribution >= 0.6 is 0 Å². The third kappa shape index (κ3) is 6.10. The summed E-state index contributed by atoms with van der Waals surface area (Å²) >= 11 is 0. The summed E-state index contributed by atoms with van der Waals surface area (Å²) in [5.74, 6) is 0.564. The number of ether oxygens (including phenoxy) is 1. The fraction of sp³-hybridized carbons (Fsp3) is 0.343. The minimum Gasteiger partial charge on any atom is -0.378 e. The van der Waals surface area contributed by atoms with Gasteiger partial charge >= 0.3 is 0 Å². The second kappa shape index (κ2) is 12.3. The number of nitrogens with one attached hydrogen (secondary N) is 1. The number of hydrogen-bond donors (Lipinski definition) is 1. The van der Waals surface area contributed by atoms with Crippen LogP contribution in [-0.2, 0) is 4.74 Å². The van der Waals surface area contributed by atoms with Gasteiger partial charge in [0.1, 0.15) is 29.6 Å². The number of aryl methyl sites for hydroxylation is 1. The van der Waals surface area contributed by atoms with Crippen molar-refractivity contribution in [2.75, 3.05) is 35.8 Å². The molecule has 1 unspecified atom stereocenters. The number of amides is 1. The normalized spacial score (nSPS) is 15.2.